The SMILES string of the molecule is N#Cc1cnc(NC2CCN(S(=O)(=O)c3ccc(C=O)cc3)CC2)nc1. The third kappa shape index (κ3) is 3.87. The lowest BCUT2D eigenvalue weighted by Crippen LogP contribution is -2.42. The maximum Gasteiger partial charge on any atom is 0.243 e. The van der Waals surface area contributed by atoms with Gasteiger partial charge in [-0.1, -0.05) is 12.1 Å². The molecule has 0 atom stereocenters. The summed E-state index contributed by atoms with van der Waals surface area (Å²) < 4.78 is 26.8. The van der Waals surface area contributed by atoms with Crippen LogP contribution in [0.15, 0.2) is 41.6 Å². The number of aldehydes is 1. The summed E-state index contributed by atoms with van der Waals surface area (Å²) in [6, 6.07) is 7.92. The van der Waals surface area contributed by atoms with E-state index in [1.807, 2.05) is 6.07 Å². The first-order valence-corrected chi connectivity index (χ1v) is 9.51. The van der Waals surface area contributed by atoms with Crippen LogP contribution in [0.4, 0.5) is 5.95 Å². The molecule has 0 amide bonds. The zero-order valence-corrected chi connectivity index (χ0v) is 14.7. The molecule has 0 aliphatic carbocycles. The number of aromatic nitrogens is 2. The summed E-state index contributed by atoms with van der Waals surface area (Å²) in [7, 11) is -3.57. The summed E-state index contributed by atoms with van der Waals surface area (Å²) in [5, 5.41) is 11.9. The topological polar surface area (TPSA) is 116 Å². The zero-order chi connectivity index (χ0) is 18.6. The number of hydrogen-bond donors (Lipinski definition) is 1. The fourth-order valence-electron chi connectivity index (χ4n) is 2.75. The Morgan fingerprint density at radius 1 is 1.15 bits per heavy atom. The van der Waals surface area contributed by atoms with Gasteiger partial charge in [-0.15, -0.1) is 0 Å². The number of hydrogen-bond acceptors (Lipinski definition) is 7. The first kappa shape index (κ1) is 18.0. The lowest BCUT2D eigenvalue weighted by atomic mass is 10.1. The smallest absolute Gasteiger partial charge is 0.243 e. The van der Waals surface area contributed by atoms with Gasteiger partial charge >= 0.3 is 0 Å². The van der Waals surface area contributed by atoms with E-state index in [2.05, 4.69) is 15.3 Å². The molecule has 0 saturated carbocycles. The molecular formula is C17H17N5O3S. The molecule has 2 aromatic rings. The first-order valence-electron chi connectivity index (χ1n) is 8.07. The van der Waals surface area contributed by atoms with Crippen molar-refractivity contribution in [2.24, 2.45) is 0 Å². The van der Waals surface area contributed by atoms with Gasteiger partial charge in [0.15, 0.2) is 0 Å². The molecule has 0 spiro atoms. The average Bonchev–Trinajstić information content (AvgIpc) is 2.69. The Hall–Kier alpha value is -2.83. The highest BCUT2D eigenvalue weighted by molar-refractivity contribution is 7.89. The van der Waals surface area contributed by atoms with Crippen LogP contribution in [0.5, 0.6) is 0 Å². The molecule has 1 aromatic carbocycles. The lowest BCUT2D eigenvalue weighted by Gasteiger charge is -2.31. The number of nitriles is 1. The Balaban J connectivity index is 1.61. The number of nitrogens with zero attached hydrogens (tertiary/aromatic N) is 4. The van der Waals surface area contributed by atoms with Gasteiger partial charge in [-0.3, -0.25) is 4.79 Å². The number of anilines is 1. The van der Waals surface area contributed by atoms with Crippen molar-refractivity contribution in [1.29, 1.82) is 5.26 Å². The molecule has 1 saturated heterocycles. The monoisotopic (exact) mass is 371 g/mol. The lowest BCUT2D eigenvalue weighted by molar-refractivity contribution is 0.112. The summed E-state index contributed by atoms with van der Waals surface area (Å²) in [6.45, 7) is 0.761. The van der Waals surface area contributed by atoms with E-state index in [9.17, 15) is 13.2 Å². The van der Waals surface area contributed by atoms with Crippen LogP contribution >= 0.6 is 0 Å². The maximum absolute atomic E-state index is 12.7. The third-order valence-electron chi connectivity index (χ3n) is 4.22. The second-order valence-corrected chi connectivity index (χ2v) is 7.85. The minimum atomic E-state index is -3.57. The van der Waals surface area contributed by atoms with E-state index in [0.29, 0.717) is 49.3 Å². The van der Waals surface area contributed by atoms with Crippen molar-refractivity contribution in [3.05, 3.63) is 47.8 Å². The standard InChI is InChI=1S/C17H17N5O3S/c18-9-14-10-19-17(20-11-14)21-15-5-7-22(8-6-15)26(24,25)16-3-1-13(12-23)2-4-16/h1-4,10-12,15H,5-8H2,(H,19,20,21). The Morgan fingerprint density at radius 2 is 1.77 bits per heavy atom. The molecule has 1 fully saturated rings. The number of rotatable bonds is 5. The number of carbonyl (C=O) groups excluding carboxylic acids is 1. The molecule has 26 heavy (non-hydrogen) atoms. The molecule has 8 nitrogen and oxygen atoms in total. The molecule has 0 unspecified atom stereocenters. The minimum absolute atomic E-state index is 0.0619. The predicted octanol–water partition coefficient (Wildman–Crippen LogP) is 1.43. The van der Waals surface area contributed by atoms with Crippen molar-refractivity contribution in [2.45, 2.75) is 23.8 Å². The highest BCUT2D eigenvalue weighted by Crippen LogP contribution is 2.22. The van der Waals surface area contributed by atoms with E-state index in [1.54, 1.807) is 0 Å². The number of piperidine rings is 1. The molecule has 1 N–H and O–H groups in total. The summed E-state index contributed by atoms with van der Waals surface area (Å²) in [4.78, 5) is 19.0. The van der Waals surface area contributed by atoms with Crippen molar-refractivity contribution in [3.63, 3.8) is 0 Å². The van der Waals surface area contributed by atoms with Gasteiger partial charge in [-0.2, -0.15) is 9.57 Å². The third-order valence-corrected chi connectivity index (χ3v) is 6.13. The molecule has 2 heterocycles. The van der Waals surface area contributed by atoms with E-state index in [4.69, 9.17) is 5.26 Å². The molecule has 134 valence electrons. The van der Waals surface area contributed by atoms with Crippen molar-refractivity contribution in [1.82, 2.24) is 14.3 Å². The van der Waals surface area contributed by atoms with E-state index >= 15 is 0 Å². The van der Waals surface area contributed by atoms with Crippen LogP contribution in [0.2, 0.25) is 0 Å². The largest absolute Gasteiger partial charge is 0.351 e. The molecule has 1 aliphatic rings. The fraction of sp³-hybridized carbons (Fsp3) is 0.294. The van der Waals surface area contributed by atoms with Crippen LogP contribution in [-0.2, 0) is 10.0 Å². The van der Waals surface area contributed by atoms with E-state index in [1.165, 1.54) is 41.0 Å². The van der Waals surface area contributed by atoms with Crippen molar-refractivity contribution < 1.29 is 13.2 Å². The van der Waals surface area contributed by atoms with E-state index in [-0.39, 0.29) is 10.9 Å². The maximum atomic E-state index is 12.7. The van der Waals surface area contributed by atoms with Crippen LogP contribution in [-0.4, -0.2) is 48.1 Å². The van der Waals surface area contributed by atoms with Gasteiger partial charge in [0.1, 0.15) is 12.4 Å². The molecule has 1 aliphatic heterocycles. The minimum Gasteiger partial charge on any atom is -0.351 e. The molecule has 3 rings (SSSR count). The molecular weight excluding hydrogens is 354 g/mol. The highest BCUT2D eigenvalue weighted by Gasteiger charge is 2.29. The Kier molecular flexibility index (Phi) is 5.25. The number of benzene rings is 1. The summed E-state index contributed by atoms with van der Waals surface area (Å²) >= 11 is 0. The van der Waals surface area contributed by atoms with Gasteiger partial charge in [0.2, 0.25) is 16.0 Å². The molecule has 0 bridgehead atoms. The van der Waals surface area contributed by atoms with Gasteiger partial charge in [0.05, 0.1) is 22.9 Å². The van der Waals surface area contributed by atoms with Gasteiger partial charge in [0.25, 0.3) is 0 Å². The quantitative estimate of drug-likeness (QED) is 0.790. The normalized spacial score (nSPS) is 16.0. The van der Waals surface area contributed by atoms with Crippen LogP contribution in [0.3, 0.4) is 0 Å². The van der Waals surface area contributed by atoms with Gasteiger partial charge < -0.3 is 5.32 Å². The van der Waals surface area contributed by atoms with Crippen molar-refractivity contribution in [2.75, 3.05) is 18.4 Å². The Morgan fingerprint density at radius 3 is 2.31 bits per heavy atom. The second-order valence-electron chi connectivity index (χ2n) is 5.92. The average molecular weight is 371 g/mol. The number of nitrogens with one attached hydrogen (secondary N) is 1. The number of carbonyl (C=O) groups is 1. The summed E-state index contributed by atoms with van der Waals surface area (Å²) in [5.74, 6) is 0.426. The summed E-state index contributed by atoms with van der Waals surface area (Å²) in [5.41, 5.74) is 0.825. The Bertz CT molecular complexity index is 912. The van der Waals surface area contributed by atoms with Gasteiger partial charge in [0, 0.05) is 24.7 Å². The van der Waals surface area contributed by atoms with Crippen LogP contribution in [0.1, 0.15) is 28.8 Å². The predicted molar refractivity (Wildman–Crippen MR) is 94.0 cm³/mol. The van der Waals surface area contributed by atoms with Crippen LogP contribution in [0.25, 0.3) is 0 Å². The van der Waals surface area contributed by atoms with Crippen molar-refractivity contribution in [3.8, 4) is 6.07 Å². The van der Waals surface area contributed by atoms with Crippen molar-refractivity contribution >= 4 is 22.3 Å². The summed E-state index contributed by atoms with van der Waals surface area (Å²) in [6.07, 6.45) is 4.80. The van der Waals surface area contributed by atoms with Crippen LogP contribution < -0.4 is 5.32 Å². The number of sulfonamides is 1. The fourth-order valence-corrected chi connectivity index (χ4v) is 4.22. The Labute approximate surface area is 151 Å². The highest BCUT2D eigenvalue weighted by atomic mass is 32.2. The van der Waals surface area contributed by atoms with Crippen LogP contribution in [0, 0.1) is 11.3 Å². The van der Waals surface area contributed by atoms with Gasteiger partial charge in [-0.05, 0) is 25.0 Å². The van der Waals surface area contributed by atoms with Gasteiger partial charge in [-0.25, -0.2) is 18.4 Å². The molecule has 1 aromatic heterocycles. The van der Waals surface area contributed by atoms with E-state index in [0.717, 1.165) is 0 Å². The first-order chi connectivity index (χ1) is 12.5. The molecule has 9 heteroatoms. The van der Waals surface area contributed by atoms with E-state index < -0.39 is 10.0 Å². The zero-order valence-electron chi connectivity index (χ0n) is 13.9. The second kappa shape index (κ2) is 7.59. The molecule has 0 radical (unpaired) electrons.